The van der Waals surface area contributed by atoms with Gasteiger partial charge in [0.2, 0.25) is 65.0 Å². The quantitative estimate of drug-likeness (QED) is 0.0416. The van der Waals surface area contributed by atoms with Crippen molar-refractivity contribution in [1.29, 1.82) is 0 Å². The Morgan fingerprint density at radius 1 is 0.459 bits per heavy atom. The highest BCUT2D eigenvalue weighted by atomic mass is 35.5. The summed E-state index contributed by atoms with van der Waals surface area (Å²) in [5, 5.41) is 59.0. The number of nitrogens with two attached hydrogens (primary N) is 1. The number of carboxylic acids is 3. The summed E-state index contributed by atoms with van der Waals surface area (Å²) in [5.41, 5.74) is 7.11. The third-order valence-corrected chi connectivity index (χ3v) is 20.7. The molecule has 4 rings (SSSR count). The summed E-state index contributed by atoms with van der Waals surface area (Å²) < 4.78 is 0. The number of carboxylic acid groups (broad SMARTS) is 3. The van der Waals surface area contributed by atoms with Crippen LogP contribution in [0.5, 0.6) is 0 Å². The van der Waals surface area contributed by atoms with Gasteiger partial charge in [0.1, 0.15) is 66.5 Å². The Labute approximate surface area is 647 Å². The molecule has 604 valence electrons. The molecule has 0 radical (unpaired) electrons. The summed E-state index contributed by atoms with van der Waals surface area (Å²) in [7, 11) is 0. The monoisotopic (exact) mass is 1560 g/mol. The number of amides is 11. The third kappa shape index (κ3) is 31.1. The molecule has 11 amide bonds. The van der Waals surface area contributed by atoms with Crippen LogP contribution in [0.3, 0.4) is 0 Å². The van der Waals surface area contributed by atoms with Crippen LogP contribution in [-0.4, -0.2) is 196 Å². The second-order valence-corrected chi connectivity index (χ2v) is 29.9. The van der Waals surface area contributed by atoms with Gasteiger partial charge in [-0.2, -0.15) is 0 Å². The normalized spacial score (nSPS) is 18.7. The van der Waals surface area contributed by atoms with Crippen molar-refractivity contribution in [3.05, 3.63) is 69.7 Å². The van der Waals surface area contributed by atoms with E-state index in [1.54, 1.807) is 104 Å². The number of nitrogens with zero attached hydrogens (tertiary/aromatic N) is 2. The van der Waals surface area contributed by atoms with Crippen molar-refractivity contribution < 1.29 is 82.4 Å². The SMILES string of the molecule is CC[C@H](C)[C@H](NC(=O)[C@H](CCCCNC(=O)[C@@H]1N=CC[C@H]1C)NC(=O)[C@H](Cc1cccc(Cl)c1Cl)NC(=O)[C@@H](NC(=O)[C@H](CCC(=O)O)NC(=O)[C@H](CC(C)C)NC(=O)[C@@H](NC(=O)[C@@H](N)CCCCNC(=O)[C@@H]1N=CC[C@H]1C)[C@@H](C)CC)[C@@H](C)CC)C(=O)N[C@@H](Cc1ccccc1)C(=O)N[C@@H](CCC(=O)O)C(=O)O. The van der Waals surface area contributed by atoms with Crippen LogP contribution in [0.1, 0.15) is 183 Å². The van der Waals surface area contributed by atoms with Crippen molar-refractivity contribution in [2.24, 2.45) is 51.2 Å². The zero-order valence-corrected chi connectivity index (χ0v) is 65.6. The smallest absolute Gasteiger partial charge is 0.326 e. The second kappa shape index (κ2) is 47.1. The van der Waals surface area contributed by atoms with Gasteiger partial charge in [-0.05, 0) is 123 Å². The van der Waals surface area contributed by atoms with Crippen molar-refractivity contribution in [3.63, 3.8) is 0 Å². The van der Waals surface area contributed by atoms with Crippen LogP contribution in [0.25, 0.3) is 0 Å². The average Bonchev–Trinajstić information content (AvgIpc) is 1.61. The fourth-order valence-electron chi connectivity index (χ4n) is 12.3. The van der Waals surface area contributed by atoms with E-state index in [9.17, 15) is 68.1 Å². The van der Waals surface area contributed by atoms with Crippen LogP contribution >= 0.6 is 23.2 Å². The van der Waals surface area contributed by atoms with Gasteiger partial charge in [0.05, 0.1) is 16.1 Å². The van der Waals surface area contributed by atoms with Gasteiger partial charge in [0.15, 0.2) is 0 Å². The summed E-state index contributed by atoms with van der Waals surface area (Å²) in [6.07, 6.45) is 4.30. The lowest BCUT2D eigenvalue weighted by Gasteiger charge is -2.31. The van der Waals surface area contributed by atoms with Crippen LogP contribution in [0, 0.1) is 35.5 Å². The molecular weight excluding hydrogens is 1450 g/mol. The Morgan fingerprint density at radius 3 is 1.28 bits per heavy atom. The molecule has 0 spiro atoms. The van der Waals surface area contributed by atoms with Gasteiger partial charge >= 0.3 is 17.9 Å². The maximum absolute atomic E-state index is 15.2. The molecule has 2 aliphatic heterocycles. The Hall–Kier alpha value is -9.10. The summed E-state index contributed by atoms with van der Waals surface area (Å²) in [6.45, 7) is 18.1. The first-order valence-corrected chi connectivity index (χ1v) is 38.6. The van der Waals surface area contributed by atoms with Gasteiger partial charge < -0.3 is 79.5 Å². The molecule has 2 heterocycles. The predicted octanol–water partition coefficient (Wildman–Crippen LogP) is 4.00. The maximum Gasteiger partial charge on any atom is 0.326 e. The minimum absolute atomic E-state index is 0.00236. The molecule has 17 atom stereocenters. The molecule has 31 nitrogen and oxygen atoms in total. The van der Waals surface area contributed by atoms with Crippen LogP contribution in [0.15, 0.2) is 58.5 Å². The lowest BCUT2D eigenvalue weighted by atomic mass is 9.95. The fraction of sp³-hybridized carbons (Fsp3) is 0.632. The van der Waals surface area contributed by atoms with Crippen LogP contribution in [0.4, 0.5) is 0 Å². The molecule has 2 aliphatic rings. The molecule has 0 bridgehead atoms. The Bertz CT molecular complexity index is 3500. The van der Waals surface area contributed by atoms with E-state index >= 15 is 14.4 Å². The van der Waals surface area contributed by atoms with Gasteiger partial charge in [0, 0.05) is 51.2 Å². The van der Waals surface area contributed by atoms with E-state index in [2.05, 4.69) is 68.5 Å². The molecular formula is C76H114Cl2N14O17. The molecule has 0 saturated heterocycles. The first-order chi connectivity index (χ1) is 51.6. The minimum atomic E-state index is -1.66. The van der Waals surface area contributed by atoms with E-state index in [4.69, 9.17) is 28.9 Å². The molecule has 2 aromatic rings. The van der Waals surface area contributed by atoms with Crippen LogP contribution in [-0.2, 0) is 80.0 Å². The standard InChI is InChI=1S/C76H114Cl2N14O17/c1-11-42(6)62(90-65(97)50(79)26-17-19-34-82-71(103)60-45(9)32-36-80-60)73(105)87-54(38-41(4)5)68(100)85-52(28-30-57(93)94)67(99)92-64(44(8)13-3)75(107)89-56(40-48-24-21-25-49(77)59(48)78)70(102)84-51(27-18-20-35-83-72(104)61-46(10)33-37-81-61)66(98)91-63(43(7)12-2)74(106)88-55(39-47-22-15-14-16-23-47)69(101)86-53(76(108)109)29-31-58(95)96/h14-16,21-25,36-37,41-46,50-56,60-64H,11-13,17-20,26-35,38-40,79H2,1-10H3,(H,82,103)(H,83,104)(H,84,102)(H,85,100)(H,86,101)(H,87,105)(H,88,106)(H,89,107)(H,90,97)(H,91,98)(H,92,99)(H,93,94)(H,95,96)(H,108,109)/t42-,43-,44-,45+,46+,50-,51-,52-,53-,54-,55-,56-,60+,61+,62-,63-,64-/m0/s1. The number of unbranched alkanes of at least 4 members (excludes halogenated alkanes) is 2. The van der Waals surface area contributed by atoms with Crippen LogP contribution in [0.2, 0.25) is 10.0 Å². The van der Waals surface area contributed by atoms with E-state index in [1.807, 2.05) is 13.8 Å². The van der Waals surface area contributed by atoms with Gasteiger partial charge in [-0.3, -0.25) is 72.3 Å². The molecule has 0 saturated carbocycles. The molecule has 0 fully saturated rings. The van der Waals surface area contributed by atoms with Gasteiger partial charge in [-0.1, -0.05) is 154 Å². The van der Waals surface area contributed by atoms with E-state index in [1.165, 1.54) is 12.1 Å². The number of carbonyl (C=O) groups is 14. The molecule has 0 aliphatic carbocycles. The number of nitrogens with one attached hydrogen (secondary N) is 11. The number of hydrogen-bond acceptors (Lipinski definition) is 17. The number of aliphatic carboxylic acids is 3. The average molecular weight is 1570 g/mol. The van der Waals surface area contributed by atoms with Gasteiger partial charge in [0.25, 0.3) is 0 Å². The molecule has 33 heteroatoms. The number of rotatable bonds is 49. The van der Waals surface area contributed by atoms with E-state index < -0.39 is 193 Å². The lowest BCUT2D eigenvalue weighted by molar-refractivity contribution is -0.143. The number of halogens is 2. The van der Waals surface area contributed by atoms with Gasteiger partial charge in [-0.15, -0.1) is 0 Å². The fourth-order valence-corrected chi connectivity index (χ4v) is 12.7. The summed E-state index contributed by atoms with van der Waals surface area (Å²) in [4.78, 5) is 201. The highest BCUT2D eigenvalue weighted by molar-refractivity contribution is 6.42. The number of aliphatic imine (C=N–C) groups is 2. The zero-order valence-electron chi connectivity index (χ0n) is 64.1. The van der Waals surface area contributed by atoms with Crippen molar-refractivity contribution in [1.82, 2.24) is 58.5 Å². The first kappa shape index (κ1) is 92.3. The van der Waals surface area contributed by atoms with E-state index in [-0.39, 0.29) is 103 Å². The third-order valence-electron chi connectivity index (χ3n) is 19.8. The topological polar surface area (TPSA) is 483 Å². The van der Waals surface area contributed by atoms with Gasteiger partial charge in [-0.25, -0.2) is 4.79 Å². The Kier molecular flexibility index (Phi) is 39.9. The summed E-state index contributed by atoms with van der Waals surface area (Å²) >= 11 is 13.2. The minimum Gasteiger partial charge on any atom is -0.481 e. The number of carbonyl (C=O) groups excluding carboxylic acids is 11. The molecule has 0 aromatic heterocycles. The zero-order chi connectivity index (χ0) is 81.2. The Morgan fingerprint density at radius 2 is 0.853 bits per heavy atom. The number of hydrogen-bond donors (Lipinski definition) is 15. The summed E-state index contributed by atoms with van der Waals surface area (Å²) in [6, 6.07) is -2.60. The van der Waals surface area contributed by atoms with E-state index in [0.717, 1.165) is 6.42 Å². The highest BCUT2D eigenvalue weighted by Crippen LogP contribution is 2.27. The first-order valence-electron chi connectivity index (χ1n) is 37.8. The van der Waals surface area contributed by atoms with Crippen molar-refractivity contribution in [2.45, 2.75) is 257 Å². The molecule has 109 heavy (non-hydrogen) atoms. The molecule has 2 aromatic carbocycles. The largest absolute Gasteiger partial charge is 0.481 e. The van der Waals surface area contributed by atoms with Crippen molar-refractivity contribution in [3.8, 4) is 0 Å². The summed E-state index contributed by atoms with van der Waals surface area (Å²) in [5.74, 6) is -14.8. The lowest BCUT2D eigenvalue weighted by Crippen LogP contribution is -2.62. The highest BCUT2D eigenvalue weighted by Gasteiger charge is 2.40. The van der Waals surface area contributed by atoms with E-state index in [0.29, 0.717) is 37.8 Å². The van der Waals surface area contributed by atoms with Crippen LogP contribution < -0.4 is 64.2 Å². The number of benzene rings is 2. The Balaban J connectivity index is 1.66. The van der Waals surface area contributed by atoms with Crippen molar-refractivity contribution in [2.75, 3.05) is 13.1 Å². The second-order valence-electron chi connectivity index (χ2n) is 29.1. The molecule has 16 N–H and O–H groups in total. The molecule has 0 unspecified atom stereocenters. The maximum atomic E-state index is 15.2. The van der Waals surface area contributed by atoms with Crippen molar-refractivity contribution >= 4 is 119 Å². The predicted molar refractivity (Wildman–Crippen MR) is 411 cm³/mol.